The van der Waals surface area contributed by atoms with Crippen molar-refractivity contribution in [2.45, 2.75) is 38.0 Å². The Kier molecular flexibility index (Phi) is 7.06. The summed E-state index contributed by atoms with van der Waals surface area (Å²) >= 11 is 8.94. The molecular formula is C22H28N4O4S2. The molecule has 1 aliphatic heterocycles. The summed E-state index contributed by atoms with van der Waals surface area (Å²) in [6.07, 6.45) is 1.15. The van der Waals surface area contributed by atoms with Gasteiger partial charge < -0.3 is 9.64 Å². The first-order valence-electron chi connectivity index (χ1n) is 10.3. The van der Waals surface area contributed by atoms with Crippen molar-refractivity contribution in [2.75, 3.05) is 26.2 Å². The number of nitro groups is 1. The maximum Gasteiger partial charge on any atom is 0.287 e. The Bertz CT molecular complexity index is 1000. The molecule has 1 aliphatic rings. The highest BCUT2D eigenvalue weighted by Crippen LogP contribution is 2.44. The molecule has 1 saturated heterocycles. The first-order valence-corrected chi connectivity index (χ1v) is 11.1. The second-order valence-corrected chi connectivity index (χ2v) is 9.94. The van der Waals surface area contributed by atoms with Crippen LogP contribution in [-0.4, -0.2) is 51.2 Å². The molecule has 1 amide bonds. The van der Waals surface area contributed by atoms with E-state index in [0.717, 1.165) is 24.8 Å². The molecule has 0 N–H and O–H groups in total. The summed E-state index contributed by atoms with van der Waals surface area (Å²) in [7, 11) is 0. The van der Waals surface area contributed by atoms with E-state index >= 15 is 0 Å². The van der Waals surface area contributed by atoms with Gasteiger partial charge in [0.1, 0.15) is 11.9 Å². The van der Waals surface area contributed by atoms with Gasteiger partial charge in [-0.05, 0) is 17.7 Å². The maximum atomic E-state index is 13.4. The van der Waals surface area contributed by atoms with Crippen LogP contribution < -0.4 is 4.74 Å². The van der Waals surface area contributed by atoms with Gasteiger partial charge in [-0.1, -0.05) is 46.6 Å². The smallest absolute Gasteiger partial charge is 0.287 e. The minimum absolute atomic E-state index is 0.108. The molecule has 8 nitrogen and oxygen atoms in total. The van der Waals surface area contributed by atoms with Crippen LogP contribution in [0.5, 0.6) is 11.6 Å². The van der Waals surface area contributed by atoms with E-state index in [1.54, 1.807) is 6.07 Å². The van der Waals surface area contributed by atoms with Crippen LogP contribution in [-0.2, 0) is 10.2 Å². The highest BCUT2D eigenvalue weighted by atomic mass is 32.1. The molecule has 1 aromatic carbocycles. The highest BCUT2D eigenvalue weighted by Gasteiger charge is 2.46. The number of hydrogen-bond acceptors (Lipinski definition) is 8. The SMILES string of the molecule is CC(C)(C(=O)N1CCN(S)CC1)C(C)(C)c1ccc(Oc2ccc([N+](=O)[O-])cn2)c(S)c1. The zero-order valence-corrected chi connectivity index (χ0v) is 20.4. The largest absolute Gasteiger partial charge is 0.438 e. The number of ether oxygens (including phenoxy) is 1. The fourth-order valence-corrected chi connectivity index (χ4v) is 4.01. The molecule has 2 aromatic rings. The summed E-state index contributed by atoms with van der Waals surface area (Å²) in [6, 6.07) is 8.36. The second kappa shape index (κ2) is 9.29. The van der Waals surface area contributed by atoms with E-state index in [1.165, 1.54) is 12.1 Å². The number of hydrogen-bond donors (Lipinski definition) is 2. The normalized spacial score (nSPS) is 15.5. The molecule has 0 saturated carbocycles. The predicted molar refractivity (Wildman–Crippen MR) is 129 cm³/mol. The molecule has 3 rings (SSSR count). The molecule has 0 radical (unpaired) electrons. The van der Waals surface area contributed by atoms with Crippen molar-refractivity contribution in [1.82, 2.24) is 14.2 Å². The van der Waals surface area contributed by atoms with Gasteiger partial charge in [-0.3, -0.25) is 14.9 Å². The molecule has 1 aromatic heterocycles. The van der Waals surface area contributed by atoms with Crippen molar-refractivity contribution in [2.24, 2.45) is 5.41 Å². The molecular weight excluding hydrogens is 448 g/mol. The van der Waals surface area contributed by atoms with E-state index in [9.17, 15) is 14.9 Å². The molecule has 2 heterocycles. The molecule has 172 valence electrons. The van der Waals surface area contributed by atoms with Crippen LogP contribution in [0.4, 0.5) is 5.69 Å². The van der Waals surface area contributed by atoms with Crippen molar-refractivity contribution in [3.05, 3.63) is 52.2 Å². The zero-order valence-electron chi connectivity index (χ0n) is 18.6. The van der Waals surface area contributed by atoms with E-state index in [2.05, 4.69) is 44.3 Å². The van der Waals surface area contributed by atoms with Gasteiger partial charge in [-0.2, -0.15) is 0 Å². The Hall–Kier alpha value is -2.30. The number of thiol groups is 2. The van der Waals surface area contributed by atoms with E-state index in [4.69, 9.17) is 4.74 Å². The summed E-state index contributed by atoms with van der Waals surface area (Å²) < 4.78 is 7.68. The lowest BCUT2D eigenvalue weighted by molar-refractivity contribution is -0.385. The van der Waals surface area contributed by atoms with Crippen molar-refractivity contribution < 1.29 is 14.5 Å². The lowest BCUT2D eigenvalue weighted by atomic mass is 9.63. The van der Waals surface area contributed by atoms with Crippen LogP contribution in [0.1, 0.15) is 33.3 Å². The third kappa shape index (κ3) is 4.87. The number of benzene rings is 1. The predicted octanol–water partition coefficient (Wildman–Crippen LogP) is 4.36. The van der Waals surface area contributed by atoms with Gasteiger partial charge in [-0.15, -0.1) is 12.6 Å². The van der Waals surface area contributed by atoms with Crippen LogP contribution in [0.15, 0.2) is 41.4 Å². The molecule has 0 unspecified atom stereocenters. The molecule has 10 heteroatoms. The molecule has 32 heavy (non-hydrogen) atoms. The Morgan fingerprint density at radius 2 is 1.78 bits per heavy atom. The Balaban J connectivity index is 1.79. The average Bonchev–Trinajstić information content (AvgIpc) is 2.75. The third-order valence-corrected chi connectivity index (χ3v) is 7.22. The average molecular weight is 477 g/mol. The molecule has 0 aliphatic carbocycles. The number of piperazine rings is 1. The quantitative estimate of drug-likeness (QED) is 0.366. The van der Waals surface area contributed by atoms with Gasteiger partial charge in [0.15, 0.2) is 0 Å². The number of nitrogens with zero attached hydrogens (tertiary/aromatic N) is 4. The lowest BCUT2D eigenvalue weighted by Crippen LogP contribution is -2.54. The lowest BCUT2D eigenvalue weighted by Gasteiger charge is -2.45. The summed E-state index contributed by atoms with van der Waals surface area (Å²) in [6.45, 7) is 10.9. The van der Waals surface area contributed by atoms with E-state index < -0.39 is 15.8 Å². The number of carbonyl (C=O) groups excluding carboxylic acids is 1. The van der Waals surface area contributed by atoms with Crippen molar-refractivity contribution >= 4 is 37.0 Å². The Labute approximate surface area is 199 Å². The number of pyridine rings is 1. The highest BCUT2D eigenvalue weighted by molar-refractivity contribution is 7.80. The van der Waals surface area contributed by atoms with Gasteiger partial charge in [0, 0.05) is 48.6 Å². The maximum absolute atomic E-state index is 13.4. The topological polar surface area (TPSA) is 88.8 Å². The first kappa shape index (κ1) is 24.3. The monoisotopic (exact) mass is 476 g/mol. The van der Waals surface area contributed by atoms with E-state index in [1.807, 2.05) is 35.2 Å². The standard InChI is InChI=1S/C22H28N4O4S2/c1-21(2,22(3,4)20(27)24-9-11-25(32)12-10-24)15-5-7-17(18(31)13-15)30-19-8-6-16(14-23-19)26(28)29/h5-8,13-14,31-32H,9-12H2,1-4H3. The first-order chi connectivity index (χ1) is 14.9. The minimum Gasteiger partial charge on any atom is -0.438 e. The number of amides is 1. The molecule has 0 atom stereocenters. The summed E-state index contributed by atoms with van der Waals surface area (Å²) in [4.78, 5) is 30.1. The molecule has 0 spiro atoms. The van der Waals surface area contributed by atoms with Crippen molar-refractivity contribution in [3.63, 3.8) is 0 Å². The number of carbonyl (C=O) groups is 1. The number of rotatable bonds is 6. The van der Waals surface area contributed by atoms with Gasteiger partial charge in [-0.25, -0.2) is 9.29 Å². The zero-order chi connectivity index (χ0) is 23.7. The molecule has 0 bridgehead atoms. The summed E-state index contributed by atoms with van der Waals surface area (Å²) in [5, 5.41) is 10.8. The van der Waals surface area contributed by atoms with E-state index in [-0.39, 0.29) is 17.5 Å². The van der Waals surface area contributed by atoms with Crippen molar-refractivity contribution in [3.8, 4) is 11.6 Å². The Morgan fingerprint density at radius 3 is 2.31 bits per heavy atom. The van der Waals surface area contributed by atoms with Crippen LogP contribution >= 0.6 is 25.4 Å². The summed E-state index contributed by atoms with van der Waals surface area (Å²) in [5.74, 6) is 0.820. The van der Waals surface area contributed by atoms with Gasteiger partial charge >= 0.3 is 0 Å². The Morgan fingerprint density at radius 1 is 1.12 bits per heavy atom. The second-order valence-electron chi connectivity index (χ2n) is 8.89. The van der Waals surface area contributed by atoms with Gasteiger partial charge in [0.2, 0.25) is 11.8 Å². The third-order valence-electron chi connectivity index (χ3n) is 6.47. The fourth-order valence-electron chi connectivity index (χ4n) is 3.57. The van der Waals surface area contributed by atoms with Crippen molar-refractivity contribution in [1.29, 1.82) is 0 Å². The van der Waals surface area contributed by atoms with Crippen LogP contribution in [0.3, 0.4) is 0 Å². The molecule has 1 fully saturated rings. The van der Waals surface area contributed by atoms with Crippen LogP contribution in [0, 0.1) is 15.5 Å². The number of aromatic nitrogens is 1. The van der Waals surface area contributed by atoms with Crippen LogP contribution in [0.25, 0.3) is 0 Å². The fraction of sp³-hybridized carbons (Fsp3) is 0.455. The minimum atomic E-state index is -0.658. The van der Waals surface area contributed by atoms with E-state index in [0.29, 0.717) is 23.7 Å². The van der Waals surface area contributed by atoms with Gasteiger partial charge in [0.25, 0.3) is 5.69 Å². The van der Waals surface area contributed by atoms with Gasteiger partial charge in [0.05, 0.1) is 10.3 Å². The summed E-state index contributed by atoms with van der Waals surface area (Å²) in [5.41, 5.74) is -0.293. The van der Waals surface area contributed by atoms with Crippen LogP contribution in [0.2, 0.25) is 0 Å².